The molecule has 0 spiro atoms. The largest absolute Gasteiger partial charge is 0.265 e. The van der Waals surface area contributed by atoms with E-state index < -0.39 is 0 Å². The molecule has 0 saturated heterocycles. The Hall–Kier alpha value is -8.29. The smallest absolute Gasteiger partial charge is 0.164 e. The van der Waals surface area contributed by atoms with Crippen LogP contribution in [0.5, 0.6) is 0 Å². The number of hydrogen-bond donors (Lipinski definition) is 0. The maximum Gasteiger partial charge on any atom is 0.164 e. The van der Waals surface area contributed by atoms with Crippen LogP contribution in [-0.4, -0.2) is 34.9 Å². The first-order chi connectivity index (χ1) is 29.7. The topological polar surface area (TPSA) is 90.2 Å². The zero-order valence-corrected chi connectivity index (χ0v) is 32.3. The molecule has 5 aromatic carbocycles. The molecule has 10 rings (SSSR count). The molecule has 10 aromatic rings. The van der Waals surface area contributed by atoms with E-state index in [1.54, 1.807) is 0 Å². The first-order valence-corrected chi connectivity index (χ1v) is 19.7. The van der Waals surface area contributed by atoms with E-state index in [0.29, 0.717) is 17.5 Å². The number of rotatable bonds is 9. The van der Waals surface area contributed by atoms with E-state index in [1.165, 1.54) is 0 Å². The third-order valence-electron chi connectivity index (χ3n) is 10.6. The number of pyridine rings is 4. The molecule has 0 amide bonds. The quantitative estimate of drug-likeness (QED) is 0.144. The molecule has 7 nitrogen and oxygen atoms in total. The van der Waals surface area contributed by atoms with Crippen molar-refractivity contribution in [2.45, 2.75) is 0 Å². The summed E-state index contributed by atoms with van der Waals surface area (Å²) >= 11 is 0. The van der Waals surface area contributed by atoms with Crippen LogP contribution in [0.25, 0.3) is 101 Å². The van der Waals surface area contributed by atoms with Crippen LogP contribution >= 0.6 is 0 Å². The average Bonchev–Trinajstić information content (AvgIpc) is 3.35. The van der Waals surface area contributed by atoms with E-state index in [4.69, 9.17) is 15.0 Å². The minimum atomic E-state index is 0.580. The van der Waals surface area contributed by atoms with Gasteiger partial charge in [-0.1, -0.05) is 84.9 Å². The molecule has 0 fully saturated rings. The summed E-state index contributed by atoms with van der Waals surface area (Å²) in [6.07, 6.45) is 14.7. The van der Waals surface area contributed by atoms with Crippen molar-refractivity contribution in [3.8, 4) is 101 Å². The fraction of sp³-hybridized carbons (Fsp3) is 0. The van der Waals surface area contributed by atoms with Crippen LogP contribution < -0.4 is 0 Å². The summed E-state index contributed by atoms with van der Waals surface area (Å²) in [5.74, 6) is 1.79. The molecule has 0 aliphatic carbocycles. The Balaban J connectivity index is 1.21. The van der Waals surface area contributed by atoms with Gasteiger partial charge in [0.2, 0.25) is 0 Å². The molecule has 0 radical (unpaired) electrons. The van der Waals surface area contributed by atoms with Crippen LogP contribution in [0.15, 0.2) is 213 Å². The van der Waals surface area contributed by atoms with Crippen LogP contribution in [0.3, 0.4) is 0 Å². The molecule has 0 atom stereocenters. The Morgan fingerprint density at radius 2 is 0.517 bits per heavy atom. The highest BCUT2D eigenvalue weighted by atomic mass is 15.0. The second-order valence-corrected chi connectivity index (χ2v) is 14.3. The van der Waals surface area contributed by atoms with E-state index in [9.17, 15) is 0 Å². The minimum Gasteiger partial charge on any atom is -0.265 e. The lowest BCUT2D eigenvalue weighted by atomic mass is 9.88. The lowest BCUT2D eigenvalue weighted by molar-refractivity contribution is 1.07. The first kappa shape index (κ1) is 36.1. The second-order valence-electron chi connectivity index (χ2n) is 14.3. The molecule has 5 aromatic heterocycles. The number of aromatic nitrogens is 7. The summed E-state index contributed by atoms with van der Waals surface area (Å²) < 4.78 is 0. The predicted octanol–water partition coefficient (Wildman–Crippen LogP) is 12.5. The van der Waals surface area contributed by atoms with Crippen molar-refractivity contribution in [1.82, 2.24) is 34.9 Å². The Morgan fingerprint density at radius 1 is 0.200 bits per heavy atom. The van der Waals surface area contributed by atoms with Gasteiger partial charge in [-0.2, -0.15) is 0 Å². The van der Waals surface area contributed by atoms with Gasteiger partial charge in [0.15, 0.2) is 17.5 Å². The SMILES string of the molecule is c1ccc(-c2nc(-c3ccccc3)nc(-c3cc(-c4ccc(-c5ccncc5)c(-c5ccncc5)c4)cc(-c4ccc(-c5ccncc5)c(-c5ccncc5)c4)c3)n2)cc1. The van der Waals surface area contributed by atoms with Crippen molar-refractivity contribution in [2.75, 3.05) is 0 Å². The molecule has 0 aliphatic heterocycles. The van der Waals surface area contributed by atoms with Gasteiger partial charge in [0.1, 0.15) is 0 Å². The van der Waals surface area contributed by atoms with Gasteiger partial charge in [0.05, 0.1) is 0 Å². The fourth-order valence-corrected chi connectivity index (χ4v) is 7.58. The summed E-state index contributed by atoms with van der Waals surface area (Å²) in [6.45, 7) is 0. The summed E-state index contributed by atoms with van der Waals surface area (Å²) in [7, 11) is 0. The van der Waals surface area contributed by atoms with Crippen LogP contribution in [0.1, 0.15) is 0 Å². The molecular formula is C53H35N7. The maximum atomic E-state index is 5.16. The lowest BCUT2D eigenvalue weighted by Gasteiger charge is -2.16. The van der Waals surface area contributed by atoms with Crippen LogP contribution in [0.2, 0.25) is 0 Å². The number of benzene rings is 5. The summed E-state index contributed by atoms with van der Waals surface area (Å²) in [5, 5.41) is 0. The third kappa shape index (κ3) is 7.46. The standard InChI is InChI=1S/C53H35N7/c1-3-7-40(8-4-1)51-58-52(41-9-5-2-6-10-41)60-53(59-51)46-32-44(42-11-13-47(36-15-23-54-24-16-36)49(34-42)38-19-27-56-28-20-38)31-45(33-46)43-12-14-48(37-17-25-55-26-18-37)50(35-43)39-21-29-57-30-22-39/h1-35H. The molecule has 0 bridgehead atoms. The molecule has 7 heteroatoms. The van der Waals surface area contributed by atoms with Gasteiger partial charge in [-0.05, 0) is 146 Å². The number of nitrogens with zero attached hydrogens (tertiary/aromatic N) is 7. The van der Waals surface area contributed by atoms with E-state index in [-0.39, 0.29) is 0 Å². The Labute approximate surface area is 347 Å². The normalized spacial score (nSPS) is 11.0. The predicted molar refractivity (Wildman–Crippen MR) is 240 cm³/mol. The van der Waals surface area contributed by atoms with E-state index in [2.05, 4.69) is 98.8 Å². The summed E-state index contributed by atoms with van der Waals surface area (Å²) in [4.78, 5) is 32.5. The molecule has 0 aliphatic rings. The first-order valence-electron chi connectivity index (χ1n) is 19.7. The zero-order chi connectivity index (χ0) is 40.1. The zero-order valence-electron chi connectivity index (χ0n) is 32.3. The number of hydrogen-bond acceptors (Lipinski definition) is 7. The minimum absolute atomic E-state index is 0.580. The molecule has 0 N–H and O–H groups in total. The fourth-order valence-electron chi connectivity index (χ4n) is 7.58. The molecule has 60 heavy (non-hydrogen) atoms. The van der Waals surface area contributed by atoms with Crippen molar-refractivity contribution in [1.29, 1.82) is 0 Å². The van der Waals surface area contributed by atoms with Gasteiger partial charge in [-0.25, -0.2) is 15.0 Å². The Bertz CT molecular complexity index is 2850. The van der Waals surface area contributed by atoms with Gasteiger partial charge in [0.25, 0.3) is 0 Å². The summed E-state index contributed by atoms with van der Waals surface area (Å²) in [6, 6.07) is 56.5. The monoisotopic (exact) mass is 769 g/mol. The van der Waals surface area contributed by atoms with Gasteiger partial charge >= 0.3 is 0 Å². The van der Waals surface area contributed by atoms with Crippen LogP contribution in [0, 0.1) is 0 Å². The molecule has 0 unspecified atom stereocenters. The van der Waals surface area contributed by atoms with Crippen LogP contribution in [-0.2, 0) is 0 Å². The highest BCUT2D eigenvalue weighted by Gasteiger charge is 2.18. The highest BCUT2D eigenvalue weighted by Crippen LogP contribution is 2.40. The van der Waals surface area contributed by atoms with Gasteiger partial charge < -0.3 is 0 Å². The van der Waals surface area contributed by atoms with Gasteiger partial charge in [0, 0.05) is 66.3 Å². The van der Waals surface area contributed by atoms with Crippen molar-refractivity contribution in [2.24, 2.45) is 0 Å². The van der Waals surface area contributed by atoms with Crippen molar-refractivity contribution in [3.63, 3.8) is 0 Å². The van der Waals surface area contributed by atoms with Crippen LogP contribution in [0.4, 0.5) is 0 Å². The third-order valence-corrected chi connectivity index (χ3v) is 10.6. The van der Waals surface area contributed by atoms with E-state index in [1.807, 2.05) is 135 Å². The van der Waals surface area contributed by atoms with Crippen molar-refractivity contribution >= 4 is 0 Å². The van der Waals surface area contributed by atoms with Gasteiger partial charge in [-0.3, -0.25) is 19.9 Å². The average molecular weight is 770 g/mol. The molecular weight excluding hydrogens is 735 g/mol. The van der Waals surface area contributed by atoms with Crippen molar-refractivity contribution < 1.29 is 0 Å². The highest BCUT2D eigenvalue weighted by molar-refractivity contribution is 5.91. The molecule has 282 valence electrons. The van der Waals surface area contributed by atoms with Gasteiger partial charge in [-0.15, -0.1) is 0 Å². The molecule has 5 heterocycles. The van der Waals surface area contributed by atoms with E-state index in [0.717, 1.165) is 83.5 Å². The Morgan fingerprint density at radius 3 is 0.883 bits per heavy atom. The van der Waals surface area contributed by atoms with E-state index >= 15 is 0 Å². The maximum absolute atomic E-state index is 5.16. The lowest BCUT2D eigenvalue weighted by Crippen LogP contribution is -2.00. The summed E-state index contributed by atoms with van der Waals surface area (Å²) in [5.41, 5.74) is 15.5. The Kier molecular flexibility index (Phi) is 9.79. The van der Waals surface area contributed by atoms with Crippen molar-refractivity contribution in [3.05, 3.63) is 213 Å². The molecule has 0 saturated carbocycles. The second kappa shape index (κ2) is 16.3.